The first-order chi connectivity index (χ1) is 3.80. The predicted octanol–water partition coefficient (Wildman–Crippen LogP) is -1.01. The van der Waals surface area contributed by atoms with Crippen LogP contribution in [0.5, 0.6) is 0 Å². The number of carbonyl (C=O) groups is 1. The molecule has 1 aliphatic heterocycles. The molecule has 3 N–H and O–H groups in total. The first-order valence-corrected chi connectivity index (χ1v) is 2.29. The van der Waals surface area contributed by atoms with Crippen LogP contribution in [0.25, 0.3) is 0 Å². The van der Waals surface area contributed by atoms with E-state index in [1.54, 1.807) is 0 Å². The normalized spacial score (nSPS) is 19.2. The summed E-state index contributed by atoms with van der Waals surface area (Å²) in [6.45, 7) is 1.18. The molecule has 0 radical (unpaired) electrons. The van der Waals surface area contributed by atoms with Crippen molar-refractivity contribution >= 4 is 6.09 Å². The summed E-state index contributed by atoms with van der Waals surface area (Å²) in [6.07, 6.45) is -0.949. The Morgan fingerprint density at radius 1 is 1.75 bits per heavy atom. The Bertz CT molecular complexity index is 98.7. The maximum absolute atomic E-state index is 10.0. The van der Waals surface area contributed by atoms with Gasteiger partial charge >= 0.3 is 6.09 Å². The second kappa shape index (κ2) is 1.97. The number of nitrogens with zero attached hydrogens (tertiary/aromatic N) is 1. The molecule has 1 aliphatic rings. The van der Waals surface area contributed by atoms with Gasteiger partial charge in [0.2, 0.25) is 0 Å². The zero-order valence-corrected chi connectivity index (χ0v) is 4.22. The van der Waals surface area contributed by atoms with Gasteiger partial charge in [-0.3, -0.25) is 0 Å². The van der Waals surface area contributed by atoms with Crippen molar-refractivity contribution in [2.24, 2.45) is 0 Å². The molecule has 0 atom stereocenters. The summed E-state index contributed by atoms with van der Waals surface area (Å²) in [6, 6.07) is 0. The van der Waals surface area contributed by atoms with E-state index in [4.69, 9.17) is 5.11 Å². The van der Waals surface area contributed by atoms with Gasteiger partial charge < -0.3 is 5.11 Å². The number of hydrogen-bond donors (Lipinski definition) is 3. The fourth-order valence-corrected chi connectivity index (χ4v) is 0.518. The Kier molecular flexibility index (Phi) is 1.32. The van der Waals surface area contributed by atoms with Crippen LogP contribution in [-0.2, 0) is 0 Å². The summed E-state index contributed by atoms with van der Waals surface area (Å²) in [5, 5.41) is 9.32. The van der Waals surface area contributed by atoms with Crippen molar-refractivity contribution in [1.29, 1.82) is 0 Å². The van der Waals surface area contributed by atoms with Gasteiger partial charge in [0.25, 0.3) is 0 Å². The molecule has 0 saturated carbocycles. The lowest BCUT2D eigenvalue weighted by Gasteiger charge is -2.07. The highest BCUT2D eigenvalue weighted by Crippen LogP contribution is 1.84. The topological polar surface area (TPSA) is 64.6 Å². The first-order valence-electron chi connectivity index (χ1n) is 2.29. The molecule has 0 aromatic rings. The fourth-order valence-electron chi connectivity index (χ4n) is 0.518. The summed E-state index contributed by atoms with van der Waals surface area (Å²) in [7, 11) is 0. The van der Waals surface area contributed by atoms with Crippen LogP contribution < -0.4 is 11.0 Å². The quantitative estimate of drug-likeness (QED) is 0.380. The molecule has 0 spiro atoms. The molecule has 1 heterocycles. The Labute approximate surface area is 46.2 Å². The standard InChI is InChI=1S/C3H7N3O2/c7-3(8)6-2-1-4-5-6/h4-5H,1-2H2,(H,7,8). The van der Waals surface area contributed by atoms with Crippen LogP contribution in [0, 0.1) is 0 Å². The lowest BCUT2D eigenvalue weighted by Crippen LogP contribution is -2.39. The molecule has 46 valence electrons. The molecule has 1 saturated heterocycles. The fraction of sp³-hybridized carbons (Fsp3) is 0.667. The van der Waals surface area contributed by atoms with Crippen molar-refractivity contribution < 1.29 is 9.90 Å². The molecular formula is C3H7N3O2. The van der Waals surface area contributed by atoms with Crippen LogP contribution in [0.1, 0.15) is 0 Å². The molecule has 0 aromatic heterocycles. The van der Waals surface area contributed by atoms with Crippen LogP contribution in [0.3, 0.4) is 0 Å². The zero-order valence-electron chi connectivity index (χ0n) is 4.22. The highest BCUT2D eigenvalue weighted by Gasteiger charge is 2.14. The molecule has 5 nitrogen and oxygen atoms in total. The smallest absolute Gasteiger partial charge is 0.422 e. The van der Waals surface area contributed by atoms with Crippen molar-refractivity contribution in [2.75, 3.05) is 13.1 Å². The first kappa shape index (κ1) is 5.33. The van der Waals surface area contributed by atoms with Crippen molar-refractivity contribution in [3.05, 3.63) is 0 Å². The molecule has 1 fully saturated rings. The number of rotatable bonds is 0. The van der Waals surface area contributed by atoms with Crippen LogP contribution >= 0.6 is 0 Å². The molecule has 1 amide bonds. The summed E-state index contributed by atoms with van der Waals surface area (Å²) >= 11 is 0. The van der Waals surface area contributed by atoms with Crippen molar-refractivity contribution in [2.45, 2.75) is 0 Å². The average molecular weight is 117 g/mol. The van der Waals surface area contributed by atoms with E-state index < -0.39 is 6.09 Å². The Balaban J connectivity index is 2.35. The third kappa shape index (κ3) is 0.877. The highest BCUT2D eigenvalue weighted by atomic mass is 16.4. The highest BCUT2D eigenvalue weighted by molar-refractivity contribution is 5.64. The van der Waals surface area contributed by atoms with Gasteiger partial charge in [0, 0.05) is 6.54 Å². The van der Waals surface area contributed by atoms with E-state index in [9.17, 15) is 4.79 Å². The second-order valence-electron chi connectivity index (χ2n) is 1.47. The number of hydrazine groups is 2. The lowest BCUT2D eigenvalue weighted by molar-refractivity contribution is 0.134. The minimum absolute atomic E-state index is 0.509. The van der Waals surface area contributed by atoms with Crippen LogP contribution in [0.4, 0.5) is 4.79 Å². The molecule has 5 heteroatoms. The molecular weight excluding hydrogens is 110 g/mol. The average Bonchev–Trinajstić information content (AvgIpc) is 2.12. The third-order valence-electron chi connectivity index (χ3n) is 0.905. The van der Waals surface area contributed by atoms with Gasteiger partial charge in [0.15, 0.2) is 0 Å². The van der Waals surface area contributed by atoms with E-state index in [1.807, 2.05) is 0 Å². The lowest BCUT2D eigenvalue weighted by atomic mass is 10.7. The SMILES string of the molecule is O=C(O)N1CCNN1. The van der Waals surface area contributed by atoms with E-state index in [0.717, 1.165) is 5.01 Å². The van der Waals surface area contributed by atoms with Crippen molar-refractivity contribution in [3.63, 3.8) is 0 Å². The number of nitrogens with one attached hydrogen (secondary N) is 2. The van der Waals surface area contributed by atoms with E-state index in [1.165, 1.54) is 0 Å². The van der Waals surface area contributed by atoms with E-state index >= 15 is 0 Å². The number of carboxylic acid groups (broad SMARTS) is 1. The molecule has 0 aliphatic carbocycles. The summed E-state index contributed by atoms with van der Waals surface area (Å²) in [5.74, 6) is 0. The van der Waals surface area contributed by atoms with Gasteiger partial charge in [-0.05, 0) is 0 Å². The maximum atomic E-state index is 10.0. The largest absolute Gasteiger partial charge is 0.464 e. The van der Waals surface area contributed by atoms with Crippen molar-refractivity contribution in [3.8, 4) is 0 Å². The van der Waals surface area contributed by atoms with Gasteiger partial charge in [0.05, 0.1) is 6.54 Å². The third-order valence-corrected chi connectivity index (χ3v) is 0.905. The molecule has 0 unspecified atom stereocenters. The minimum Gasteiger partial charge on any atom is -0.464 e. The molecule has 8 heavy (non-hydrogen) atoms. The van der Waals surface area contributed by atoms with Gasteiger partial charge in [-0.25, -0.2) is 15.2 Å². The van der Waals surface area contributed by atoms with Gasteiger partial charge in [-0.1, -0.05) is 0 Å². The van der Waals surface area contributed by atoms with Crippen LogP contribution in [0.15, 0.2) is 0 Å². The Hall–Kier alpha value is -0.810. The van der Waals surface area contributed by atoms with Gasteiger partial charge in [-0.15, -0.1) is 0 Å². The number of amides is 1. The summed E-state index contributed by atoms with van der Waals surface area (Å²) < 4.78 is 0. The summed E-state index contributed by atoms with van der Waals surface area (Å²) in [5.41, 5.74) is 5.09. The van der Waals surface area contributed by atoms with E-state index in [2.05, 4.69) is 11.0 Å². The monoisotopic (exact) mass is 117 g/mol. The zero-order chi connectivity index (χ0) is 5.98. The molecule has 0 bridgehead atoms. The summed E-state index contributed by atoms with van der Waals surface area (Å²) in [4.78, 5) is 10.0. The maximum Gasteiger partial charge on any atom is 0.422 e. The van der Waals surface area contributed by atoms with Gasteiger partial charge in [0.1, 0.15) is 0 Å². The van der Waals surface area contributed by atoms with Crippen LogP contribution in [0.2, 0.25) is 0 Å². The van der Waals surface area contributed by atoms with Crippen LogP contribution in [-0.4, -0.2) is 29.3 Å². The predicted molar refractivity (Wildman–Crippen MR) is 25.9 cm³/mol. The van der Waals surface area contributed by atoms with E-state index in [0.29, 0.717) is 13.1 Å². The Morgan fingerprint density at radius 2 is 2.50 bits per heavy atom. The number of hydrogen-bond acceptors (Lipinski definition) is 3. The van der Waals surface area contributed by atoms with E-state index in [-0.39, 0.29) is 0 Å². The second-order valence-corrected chi connectivity index (χ2v) is 1.47. The van der Waals surface area contributed by atoms with Gasteiger partial charge in [-0.2, -0.15) is 5.53 Å². The Morgan fingerprint density at radius 3 is 2.75 bits per heavy atom. The minimum atomic E-state index is -0.949. The van der Waals surface area contributed by atoms with Crippen molar-refractivity contribution in [1.82, 2.24) is 16.0 Å². The molecule has 1 rings (SSSR count). The molecule has 0 aromatic carbocycles.